The Bertz CT molecular complexity index is 2740. The van der Waals surface area contributed by atoms with Gasteiger partial charge in [-0.25, -0.2) is 0 Å². The summed E-state index contributed by atoms with van der Waals surface area (Å²) < 4.78 is 0. The number of aryl methyl sites for hydroxylation is 7. The van der Waals surface area contributed by atoms with Crippen LogP contribution in [0.4, 0.5) is 0 Å². The molecule has 0 aromatic heterocycles. The SMILES string of the molecule is CCCCc1ccccc1-c1cc(C(C2=CC=C(C(C)c3ccc(C)c(-c4ccccc4C)c3)CC2CC)c2ccccc2)ccc1C.Cc1ccccc1.Cc1ccccc1.Cc1ccccc1. The molecule has 352 valence electrons. The molecule has 1 aliphatic rings. The predicted octanol–water partition coefficient (Wildman–Crippen LogP) is 19.5. The zero-order chi connectivity index (χ0) is 49.0. The molecule has 3 atom stereocenters. The van der Waals surface area contributed by atoms with Crippen molar-refractivity contribution in [1.29, 1.82) is 0 Å². The van der Waals surface area contributed by atoms with Crippen LogP contribution in [-0.4, -0.2) is 0 Å². The lowest BCUT2D eigenvalue weighted by molar-refractivity contribution is 0.533. The van der Waals surface area contributed by atoms with E-state index in [4.69, 9.17) is 0 Å². The number of allylic oxidation sites excluding steroid dienone is 4. The minimum Gasteiger partial charge on any atom is -0.0654 e. The lowest BCUT2D eigenvalue weighted by atomic mass is 9.71. The first-order valence-electron chi connectivity index (χ1n) is 25.4. The van der Waals surface area contributed by atoms with E-state index < -0.39 is 0 Å². The Kier molecular flexibility index (Phi) is 20.0. The number of unbranched alkanes of at least 4 members (excludes halogenated alkanes) is 1. The van der Waals surface area contributed by atoms with Gasteiger partial charge in [0.05, 0.1) is 0 Å². The van der Waals surface area contributed by atoms with Crippen LogP contribution in [0.2, 0.25) is 0 Å². The highest BCUT2D eigenvalue weighted by atomic mass is 14.3. The van der Waals surface area contributed by atoms with Crippen LogP contribution in [0.1, 0.15) is 114 Å². The van der Waals surface area contributed by atoms with E-state index in [1.807, 2.05) is 54.6 Å². The summed E-state index contributed by atoms with van der Waals surface area (Å²) in [5, 5.41) is 0. The highest BCUT2D eigenvalue weighted by molar-refractivity contribution is 5.73. The molecule has 0 radical (unpaired) electrons. The van der Waals surface area contributed by atoms with Crippen LogP contribution < -0.4 is 0 Å². The molecule has 0 heteroatoms. The quantitative estimate of drug-likeness (QED) is 0.121. The number of rotatable bonds is 11. The molecule has 0 spiro atoms. The first-order chi connectivity index (χ1) is 33.6. The summed E-state index contributed by atoms with van der Waals surface area (Å²) in [5.41, 5.74) is 22.1. The van der Waals surface area contributed by atoms with Crippen molar-refractivity contribution in [2.24, 2.45) is 5.92 Å². The van der Waals surface area contributed by atoms with E-state index in [0.29, 0.717) is 11.8 Å². The summed E-state index contributed by atoms with van der Waals surface area (Å²) in [6.07, 6.45) is 10.7. The molecule has 0 saturated heterocycles. The molecule has 0 aliphatic heterocycles. The van der Waals surface area contributed by atoms with E-state index in [9.17, 15) is 0 Å². The van der Waals surface area contributed by atoms with Gasteiger partial charge in [0.25, 0.3) is 0 Å². The normalized spacial score (nSPS) is 13.7. The second kappa shape index (κ2) is 26.7. The van der Waals surface area contributed by atoms with Gasteiger partial charge in [-0.1, -0.05) is 267 Å². The highest BCUT2D eigenvalue weighted by Gasteiger charge is 2.29. The van der Waals surface area contributed by atoms with E-state index in [-0.39, 0.29) is 5.92 Å². The molecule has 0 N–H and O–H groups in total. The standard InChI is InChI=1S/C48H52.3C7H8/c1-7-9-18-38-19-14-16-23-44(38)47-32-42(27-25-35(47)5)48(39-20-11-10-12-21-39)45-29-28-40(30-37(45)8-2)36(6)41-26-24-34(4)46(31-41)43-22-15-13-17-33(43)3;3*1-7-5-3-2-4-6-7/h10-17,19-29,31-32,36-37,48H,7-9,18,30H2,1-6H3;3*2-6H,1H3. The average molecular weight is 905 g/mol. The molecule has 0 nitrogen and oxygen atoms in total. The molecule has 0 bridgehead atoms. The highest BCUT2D eigenvalue weighted by Crippen LogP contribution is 2.45. The molecular formula is C69H76. The van der Waals surface area contributed by atoms with Crippen molar-refractivity contribution >= 4 is 0 Å². The van der Waals surface area contributed by atoms with Crippen molar-refractivity contribution < 1.29 is 0 Å². The Balaban J connectivity index is 0.000000303. The smallest absolute Gasteiger partial charge is 0.0305 e. The molecule has 3 unspecified atom stereocenters. The van der Waals surface area contributed by atoms with Crippen LogP contribution in [0.3, 0.4) is 0 Å². The van der Waals surface area contributed by atoms with Gasteiger partial charge in [0.15, 0.2) is 0 Å². The third kappa shape index (κ3) is 14.9. The van der Waals surface area contributed by atoms with Crippen LogP contribution >= 0.6 is 0 Å². The fraction of sp³-hybridized carbons (Fsp3) is 0.246. The predicted molar refractivity (Wildman–Crippen MR) is 301 cm³/mol. The fourth-order valence-corrected chi connectivity index (χ4v) is 9.43. The van der Waals surface area contributed by atoms with Gasteiger partial charge in [-0.15, -0.1) is 0 Å². The van der Waals surface area contributed by atoms with Gasteiger partial charge in [-0.3, -0.25) is 0 Å². The Morgan fingerprint density at radius 1 is 0.420 bits per heavy atom. The zero-order valence-corrected chi connectivity index (χ0v) is 43.1. The molecule has 1 aliphatic carbocycles. The second-order valence-electron chi connectivity index (χ2n) is 19.0. The average Bonchev–Trinajstić information content (AvgIpc) is 3.38. The van der Waals surface area contributed by atoms with Gasteiger partial charge in [0, 0.05) is 11.8 Å². The fourth-order valence-electron chi connectivity index (χ4n) is 9.43. The van der Waals surface area contributed by atoms with Gasteiger partial charge >= 0.3 is 0 Å². The van der Waals surface area contributed by atoms with Crippen LogP contribution in [0.5, 0.6) is 0 Å². The molecular weight excluding hydrogens is 829 g/mol. The van der Waals surface area contributed by atoms with Crippen molar-refractivity contribution in [1.82, 2.24) is 0 Å². The molecule has 0 saturated carbocycles. The summed E-state index contributed by atoms with van der Waals surface area (Å²) in [7, 11) is 0. The summed E-state index contributed by atoms with van der Waals surface area (Å²) in [6, 6.07) is 74.2. The van der Waals surface area contributed by atoms with Crippen LogP contribution in [0, 0.1) is 47.5 Å². The van der Waals surface area contributed by atoms with E-state index in [1.165, 1.54) is 96.3 Å². The minimum atomic E-state index is 0.221. The monoisotopic (exact) mass is 905 g/mol. The molecule has 0 amide bonds. The van der Waals surface area contributed by atoms with E-state index >= 15 is 0 Å². The first kappa shape index (κ1) is 51.6. The number of benzene rings is 8. The minimum absolute atomic E-state index is 0.221. The summed E-state index contributed by atoms with van der Waals surface area (Å²) in [5.74, 6) is 1.07. The second-order valence-corrected chi connectivity index (χ2v) is 19.0. The van der Waals surface area contributed by atoms with Crippen LogP contribution in [0.25, 0.3) is 22.3 Å². The van der Waals surface area contributed by atoms with Crippen molar-refractivity contribution in [2.75, 3.05) is 0 Å². The van der Waals surface area contributed by atoms with Gasteiger partial charge in [0.1, 0.15) is 0 Å². The van der Waals surface area contributed by atoms with Crippen molar-refractivity contribution in [2.45, 2.75) is 106 Å². The Labute approximate surface area is 417 Å². The Morgan fingerprint density at radius 2 is 0.870 bits per heavy atom. The lowest BCUT2D eigenvalue weighted by Gasteiger charge is -2.33. The third-order valence-corrected chi connectivity index (χ3v) is 13.7. The van der Waals surface area contributed by atoms with E-state index in [1.54, 1.807) is 5.57 Å². The van der Waals surface area contributed by atoms with Crippen LogP contribution in [0.15, 0.2) is 230 Å². The van der Waals surface area contributed by atoms with Gasteiger partial charge in [0.2, 0.25) is 0 Å². The molecule has 69 heavy (non-hydrogen) atoms. The maximum atomic E-state index is 2.51. The Hall–Kier alpha value is -6.76. The summed E-state index contributed by atoms with van der Waals surface area (Å²) in [6.45, 7) is 20.0. The van der Waals surface area contributed by atoms with Gasteiger partial charge in [-0.05, 0) is 140 Å². The molecule has 8 aromatic carbocycles. The molecule has 8 aromatic rings. The van der Waals surface area contributed by atoms with E-state index in [2.05, 4.69) is 226 Å². The number of hydrogen-bond acceptors (Lipinski definition) is 0. The molecule has 9 rings (SSSR count). The first-order valence-corrected chi connectivity index (χ1v) is 25.4. The van der Waals surface area contributed by atoms with Crippen molar-refractivity contribution in [3.63, 3.8) is 0 Å². The topological polar surface area (TPSA) is 0 Å². The molecule has 0 fully saturated rings. The number of hydrogen-bond donors (Lipinski definition) is 0. The third-order valence-electron chi connectivity index (χ3n) is 13.7. The maximum absolute atomic E-state index is 2.51. The molecule has 0 heterocycles. The largest absolute Gasteiger partial charge is 0.0654 e. The van der Waals surface area contributed by atoms with Crippen molar-refractivity contribution in [3.8, 4) is 22.3 Å². The zero-order valence-electron chi connectivity index (χ0n) is 43.1. The summed E-state index contributed by atoms with van der Waals surface area (Å²) in [4.78, 5) is 0. The Morgan fingerprint density at radius 3 is 1.38 bits per heavy atom. The van der Waals surface area contributed by atoms with E-state index in [0.717, 1.165) is 19.3 Å². The summed E-state index contributed by atoms with van der Waals surface area (Å²) >= 11 is 0. The van der Waals surface area contributed by atoms with Gasteiger partial charge in [-0.2, -0.15) is 0 Å². The maximum Gasteiger partial charge on any atom is 0.0305 e. The van der Waals surface area contributed by atoms with Crippen LogP contribution in [-0.2, 0) is 6.42 Å². The van der Waals surface area contributed by atoms with Gasteiger partial charge < -0.3 is 0 Å². The lowest BCUT2D eigenvalue weighted by Crippen LogP contribution is -2.18. The van der Waals surface area contributed by atoms with Crippen molar-refractivity contribution in [3.05, 3.63) is 285 Å².